The first-order chi connectivity index (χ1) is 9.86. The molecule has 0 aromatic heterocycles. The van der Waals surface area contributed by atoms with Crippen LogP contribution in [-0.2, 0) is 0 Å². The predicted molar refractivity (Wildman–Crippen MR) is 82.0 cm³/mol. The van der Waals surface area contributed by atoms with E-state index in [4.69, 9.17) is 9.84 Å². The van der Waals surface area contributed by atoms with Crippen LogP contribution in [0.15, 0.2) is 45.3 Å². The van der Waals surface area contributed by atoms with Crippen LogP contribution in [0.4, 0.5) is 5.69 Å². The van der Waals surface area contributed by atoms with Crippen molar-refractivity contribution in [2.45, 2.75) is 0 Å². The Morgan fingerprint density at radius 3 is 2.48 bits per heavy atom. The maximum atomic E-state index is 11.2. The molecule has 2 rings (SSSR count). The maximum absolute atomic E-state index is 11.2. The van der Waals surface area contributed by atoms with E-state index in [0.29, 0.717) is 8.95 Å². The highest BCUT2D eigenvalue weighted by Crippen LogP contribution is 2.32. The Bertz CT molecular complexity index is 732. The number of halogens is 2. The molecule has 21 heavy (non-hydrogen) atoms. The molecule has 0 spiro atoms. The van der Waals surface area contributed by atoms with Gasteiger partial charge in [-0.25, -0.2) is 4.79 Å². The van der Waals surface area contributed by atoms with Gasteiger partial charge in [0, 0.05) is 15.0 Å². The van der Waals surface area contributed by atoms with E-state index in [1.807, 2.05) is 0 Å². The SMILES string of the molecule is O=C(O)c1cc(Br)ccc1Oc1cc(Br)cc([N+](=O)[O-])c1. The standard InChI is InChI=1S/C13H7Br2NO5/c14-7-1-2-12(11(5-7)13(17)18)21-10-4-8(15)3-9(6-10)16(19)20/h1-6H,(H,17,18). The summed E-state index contributed by atoms with van der Waals surface area (Å²) in [5.41, 5.74) is -0.208. The van der Waals surface area contributed by atoms with Crippen molar-refractivity contribution in [3.63, 3.8) is 0 Å². The number of ether oxygens (including phenoxy) is 1. The van der Waals surface area contributed by atoms with E-state index < -0.39 is 10.9 Å². The smallest absolute Gasteiger partial charge is 0.339 e. The molecule has 0 fully saturated rings. The van der Waals surface area contributed by atoms with Crippen molar-refractivity contribution in [2.75, 3.05) is 0 Å². The van der Waals surface area contributed by atoms with Crippen molar-refractivity contribution in [3.8, 4) is 11.5 Å². The molecule has 0 radical (unpaired) electrons. The number of non-ortho nitro benzene ring substituents is 1. The minimum atomic E-state index is -1.16. The summed E-state index contributed by atoms with van der Waals surface area (Å²) < 4.78 is 6.51. The third-order valence-electron chi connectivity index (χ3n) is 2.47. The van der Waals surface area contributed by atoms with Gasteiger partial charge in [-0.2, -0.15) is 0 Å². The summed E-state index contributed by atoms with van der Waals surface area (Å²) in [6, 6.07) is 8.55. The largest absolute Gasteiger partial charge is 0.478 e. The lowest BCUT2D eigenvalue weighted by molar-refractivity contribution is -0.385. The number of benzene rings is 2. The number of aromatic carboxylic acids is 1. The van der Waals surface area contributed by atoms with Gasteiger partial charge in [0.2, 0.25) is 0 Å². The van der Waals surface area contributed by atoms with E-state index in [1.165, 1.54) is 30.3 Å². The van der Waals surface area contributed by atoms with Crippen LogP contribution in [0, 0.1) is 10.1 Å². The summed E-state index contributed by atoms with van der Waals surface area (Å²) in [6.45, 7) is 0. The third-order valence-corrected chi connectivity index (χ3v) is 3.42. The molecule has 108 valence electrons. The van der Waals surface area contributed by atoms with Crippen molar-refractivity contribution in [1.29, 1.82) is 0 Å². The average molecular weight is 417 g/mol. The minimum absolute atomic E-state index is 0.0491. The van der Waals surface area contributed by atoms with Crippen LogP contribution >= 0.6 is 31.9 Å². The highest BCUT2D eigenvalue weighted by molar-refractivity contribution is 9.10. The number of hydrogen-bond acceptors (Lipinski definition) is 4. The van der Waals surface area contributed by atoms with Crippen molar-refractivity contribution in [1.82, 2.24) is 0 Å². The first-order valence-corrected chi connectivity index (χ1v) is 7.11. The Labute approximate surface area is 135 Å². The zero-order valence-electron chi connectivity index (χ0n) is 10.2. The summed E-state index contributed by atoms with van der Waals surface area (Å²) in [6.07, 6.45) is 0. The Hall–Kier alpha value is -1.93. The fourth-order valence-corrected chi connectivity index (χ4v) is 2.42. The monoisotopic (exact) mass is 415 g/mol. The molecule has 0 aliphatic rings. The normalized spacial score (nSPS) is 10.2. The fourth-order valence-electron chi connectivity index (χ4n) is 1.60. The van der Waals surface area contributed by atoms with Gasteiger partial charge in [0.1, 0.15) is 17.1 Å². The number of carboxylic acids is 1. The van der Waals surface area contributed by atoms with Crippen LogP contribution in [-0.4, -0.2) is 16.0 Å². The molecule has 0 saturated carbocycles. The molecule has 6 nitrogen and oxygen atoms in total. The Morgan fingerprint density at radius 2 is 1.86 bits per heavy atom. The van der Waals surface area contributed by atoms with Crippen molar-refractivity contribution in [2.24, 2.45) is 0 Å². The van der Waals surface area contributed by atoms with Gasteiger partial charge >= 0.3 is 5.97 Å². The van der Waals surface area contributed by atoms with E-state index in [2.05, 4.69) is 31.9 Å². The molecule has 2 aromatic carbocycles. The van der Waals surface area contributed by atoms with Gasteiger partial charge in [-0.1, -0.05) is 31.9 Å². The number of nitro benzene ring substituents is 1. The van der Waals surface area contributed by atoms with Crippen LogP contribution < -0.4 is 4.74 Å². The summed E-state index contributed by atoms with van der Waals surface area (Å²) in [5, 5.41) is 20.0. The zero-order chi connectivity index (χ0) is 15.6. The van der Waals surface area contributed by atoms with Gasteiger partial charge in [-0.3, -0.25) is 10.1 Å². The first-order valence-electron chi connectivity index (χ1n) is 5.52. The van der Waals surface area contributed by atoms with Gasteiger partial charge in [0.25, 0.3) is 5.69 Å². The second kappa shape index (κ2) is 6.23. The van der Waals surface area contributed by atoms with Crippen LogP contribution in [0.25, 0.3) is 0 Å². The average Bonchev–Trinajstić information content (AvgIpc) is 2.40. The molecule has 2 aromatic rings. The molecule has 0 unspecified atom stereocenters. The summed E-state index contributed by atoms with van der Waals surface area (Å²) in [4.78, 5) is 21.4. The van der Waals surface area contributed by atoms with E-state index in [0.717, 1.165) is 0 Å². The number of nitrogens with zero attached hydrogens (tertiary/aromatic N) is 1. The number of nitro groups is 1. The second-order valence-electron chi connectivity index (χ2n) is 3.95. The van der Waals surface area contributed by atoms with E-state index in [9.17, 15) is 14.9 Å². The molecule has 0 bridgehead atoms. The first kappa shape index (κ1) is 15.5. The van der Waals surface area contributed by atoms with E-state index >= 15 is 0 Å². The molecule has 0 saturated heterocycles. The Balaban J connectivity index is 2.43. The minimum Gasteiger partial charge on any atom is -0.478 e. The van der Waals surface area contributed by atoms with E-state index in [-0.39, 0.29) is 22.7 Å². The fraction of sp³-hybridized carbons (Fsp3) is 0. The van der Waals surface area contributed by atoms with Crippen LogP contribution in [0.2, 0.25) is 0 Å². The highest BCUT2D eigenvalue weighted by Gasteiger charge is 2.15. The van der Waals surface area contributed by atoms with Crippen LogP contribution in [0.1, 0.15) is 10.4 Å². The summed E-state index contributed by atoms with van der Waals surface area (Å²) in [5.74, 6) is -0.894. The second-order valence-corrected chi connectivity index (χ2v) is 5.78. The number of rotatable bonds is 4. The molecule has 0 atom stereocenters. The van der Waals surface area contributed by atoms with Gasteiger partial charge < -0.3 is 9.84 Å². The van der Waals surface area contributed by atoms with Crippen molar-refractivity contribution >= 4 is 43.5 Å². The van der Waals surface area contributed by atoms with Gasteiger partial charge in [0.15, 0.2) is 0 Å². The lowest BCUT2D eigenvalue weighted by Crippen LogP contribution is -2.00. The topological polar surface area (TPSA) is 89.7 Å². The van der Waals surface area contributed by atoms with Gasteiger partial charge in [-0.05, 0) is 24.3 Å². The molecule has 1 N–H and O–H groups in total. The Kier molecular flexibility index (Phi) is 4.59. The summed E-state index contributed by atoms with van der Waals surface area (Å²) >= 11 is 6.32. The number of carboxylic acid groups (broad SMARTS) is 1. The molecule has 0 heterocycles. The zero-order valence-corrected chi connectivity index (χ0v) is 13.4. The van der Waals surface area contributed by atoms with Gasteiger partial charge in [0.05, 0.1) is 11.0 Å². The number of hydrogen-bond donors (Lipinski definition) is 1. The lowest BCUT2D eigenvalue weighted by atomic mass is 10.2. The van der Waals surface area contributed by atoms with Crippen molar-refractivity contribution < 1.29 is 19.6 Å². The molecule has 8 heteroatoms. The molecule has 0 aliphatic heterocycles. The van der Waals surface area contributed by atoms with Crippen LogP contribution in [0.3, 0.4) is 0 Å². The Morgan fingerprint density at radius 1 is 1.14 bits per heavy atom. The quantitative estimate of drug-likeness (QED) is 0.580. The van der Waals surface area contributed by atoms with Gasteiger partial charge in [-0.15, -0.1) is 0 Å². The molecular weight excluding hydrogens is 410 g/mol. The number of carbonyl (C=O) groups is 1. The molecular formula is C13H7Br2NO5. The van der Waals surface area contributed by atoms with Crippen LogP contribution in [0.5, 0.6) is 11.5 Å². The molecule has 0 aliphatic carbocycles. The van der Waals surface area contributed by atoms with E-state index in [1.54, 1.807) is 6.07 Å². The molecule has 0 amide bonds. The highest BCUT2D eigenvalue weighted by atomic mass is 79.9. The lowest BCUT2D eigenvalue weighted by Gasteiger charge is -2.09. The predicted octanol–water partition coefficient (Wildman–Crippen LogP) is 4.61. The summed E-state index contributed by atoms with van der Waals surface area (Å²) in [7, 11) is 0. The third kappa shape index (κ3) is 3.79. The maximum Gasteiger partial charge on any atom is 0.339 e. The van der Waals surface area contributed by atoms with Crippen molar-refractivity contribution in [3.05, 3.63) is 61.0 Å².